The van der Waals surface area contributed by atoms with Crippen LogP contribution in [0.15, 0.2) is 72.9 Å². The first-order chi connectivity index (χ1) is 40.8. The van der Waals surface area contributed by atoms with E-state index in [0.29, 0.717) is 12.8 Å². The lowest BCUT2D eigenvalue weighted by Crippen LogP contribution is -2.66. The summed E-state index contributed by atoms with van der Waals surface area (Å²) in [5.74, 6) is -0.309. The van der Waals surface area contributed by atoms with Crippen molar-refractivity contribution in [2.45, 2.75) is 304 Å². The van der Waals surface area contributed by atoms with Gasteiger partial charge in [0.25, 0.3) is 0 Å². The zero-order valence-electron chi connectivity index (χ0n) is 50.9. The van der Waals surface area contributed by atoms with Gasteiger partial charge in [-0.25, -0.2) is 0 Å². The SMILES string of the molecule is CC/C=C\C/C=C\C/C=C\CCCCCCCC(=O)NC(COC1OC(CO)C(OC2OC(CO)C(OC3OC(CO)C(O)C(O)C3O)C(O)C2O)C(O)C1O)C(O)/C=C/CC/C=C/CC/C=C/CCCCCCCCCCCCCCCC. The first-order valence-electron chi connectivity index (χ1n) is 32.2. The van der Waals surface area contributed by atoms with Gasteiger partial charge in [-0.3, -0.25) is 4.79 Å². The highest BCUT2D eigenvalue weighted by Gasteiger charge is 2.53. The van der Waals surface area contributed by atoms with Gasteiger partial charge in [0, 0.05) is 6.42 Å². The average Bonchev–Trinajstić information content (AvgIpc) is 2.81. The molecule has 19 nitrogen and oxygen atoms in total. The lowest BCUT2D eigenvalue weighted by Gasteiger charge is -2.48. The van der Waals surface area contributed by atoms with Gasteiger partial charge in [-0.05, 0) is 77.0 Å². The highest BCUT2D eigenvalue weighted by atomic mass is 16.8. The van der Waals surface area contributed by atoms with E-state index in [1.54, 1.807) is 6.08 Å². The Morgan fingerprint density at radius 1 is 0.440 bits per heavy atom. The Labute approximate surface area is 502 Å². The second-order valence-electron chi connectivity index (χ2n) is 22.8. The van der Waals surface area contributed by atoms with Gasteiger partial charge in [-0.15, -0.1) is 0 Å². The van der Waals surface area contributed by atoms with Crippen LogP contribution in [0.5, 0.6) is 0 Å². The minimum absolute atomic E-state index is 0.209. The van der Waals surface area contributed by atoms with Crippen LogP contribution in [0.25, 0.3) is 0 Å². The molecule has 0 aliphatic carbocycles. The Morgan fingerprint density at radius 2 is 0.833 bits per heavy atom. The van der Waals surface area contributed by atoms with Crippen LogP contribution in [-0.2, 0) is 33.2 Å². The molecule has 0 aromatic heterocycles. The van der Waals surface area contributed by atoms with Crippen molar-refractivity contribution in [2.24, 2.45) is 0 Å². The lowest BCUT2D eigenvalue weighted by molar-refractivity contribution is -0.379. The average molecular weight is 1200 g/mol. The number of nitrogens with one attached hydrogen (secondary N) is 1. The summed E-state index contributed by atoms with van der Waals surface area (Å²) in [4.78, 5) is 13.3. The number of hydrogen-bond donors (Lipinski definition) is 12. The number of carbonyl (C=O) groups is 1. The Bertz CT molecular complexity index is 1810. The predicted molar refractivity (Wildman–Crippen MR) is 323 cm³/mol. The van der Waals surface area contributed by atoms with Gasteiger partial charge < -0.3 is 89.9 Å². The highest BCUT2D eigenvalue weighted by molar-refractivity contribution is 5.76. The van der Waals surface area contributed by atoms with Crippen molar-refractivity contribution in [1.29, 1.82) is 0 Å². The van der Waals surface area contributed by atoms with E-state index in [9.17, 15) is 61.0 Å². The number of carbonyl (C=O) groups excluding carboxylic acids is 1. The monoisotopic (exact) mass is 1200 g/mol. The van der Waals surface area contributed by atoms with Crippen molar-refractivity contribution in [3.05, 3.63) is 72.9 Å². The predicted octanol–water partition coefficient (Wildman–Crippen LogP) is 6.99. The van der Waals surface area contributed by atoms with Gasteiger partial charge in [-0.1, -0.05) is 189 Å². The molecule has 84 heavy (non-hydrogen) atoms. The molecule has 1 amide bonds. The minimum atomic E-state index is -1.99. The summed E-state index contributed by atoms with van der Waals surface area (Å²) in [5, 5.41) is 120. The van der Waals surface area contributed by atoms with Crippen LogP contribution in [-0.4, -0.2) is 193 Å². The fraction of sp³-hybridized carbons (Fsp3) is 0.800. The zero-order chi connectivity index (χ0) is 61.2. The van der Waals surface area contributed by atoms with Crippen LogP contribution in [0, 0.1) is 0 Å². The maximum Gasteiger partial charge on any atom is 0.220 e. The van der Waals surface area contributed by atoms with E-state index in [4.69, 9.17) is 28.4 Å². The van der Waals surface area contributed by atoms with Crippen LogP contribution < -0.4 is 5.32 Å². The third kappa shape index (κ3) is 30.0. The van der Waals surface area contributed by atoms with E-state index >= 15 is 0 Å². The van der Waals surface area contributed by atoms with Crippen LogP contribution in [0.2, 0.25) is 0 Å². The van der Waals surface area contributed by atoms with Gasteiger partial charge in [-0.2, -0.15) is 0 Å². The highest BCUT2D eigenvalue weighted by Crippen LogP contribution is 2.33. The summed E-state index contributed by atoms with van der Waals surface area (Å²) in [7, 11) is 0. The topological polar surface area (TPSA) is 307 Å². The number of amides is 1. The molecule has 3 saturated heterocycles. The molecule has 3 aliphatic heterocycles. The second kappa shape index (κ2) is 47.3. The molecule has 12 N–H and O–H groups in total. The molecule has 0 radical (unpaired) electrons. The van der Waals surface area contributed by atoms with Crippen molar-refractivity contribution in [1.82, 2.24) is 5.32 Å². The van der Waals surface area contributed by atoms with E-state index in [1.165, 1.54) is 89.9 Å². The third-order valence-electron chi connectivity index (χ3n) is 15.7. The van der Waals surface area contributed by atoms with E-state index in [0.717, 1.165) is 77.0 Å². The fourth-order valence-electron chi connectivity index (χ4n) is 10.5. The molecule has 0 spiro atoms. The summed E-state index contributed by atoms with van der Waals surface area (Å²) < 4.78 is 34.2. The standard InChI is InChI=1S/C65H113NO18/c1-3-5-7-9-11-13-15-17-19-20-21-22-23-24-25-26-27-29-30-32-34-36-38-40-42-49(70)48(66-53(71)43-41-39-37-35-33-31-28-18-16-14-12-10-8-6-4-2)47-79-63-59(77)56(74)61(51(45-68)81-63)84-65-60(78)57(75)62(52(46-69)82-65)83-64-58(76)55(73)54(72)50(44-67)80-64/h6,8,12,14,18,26-28,32,34,40,42,48-52,54-65,67-70,72-78H,3-5,7,9-11,13,15-17,19-25,29-31,33,35-39,41,43-47H2,1-2H3,(H,66,71)/b8-6-,14-12-,27-26+,28-18-,34-32+,42-40+. The summed E-state index contributed by atoms with van der Waals surface area (Å²) in [5.41, 5.74) is 0. The largest absolute Gasteiger partial charge is 0.394 e. The molecular weight excluding hydrogens is 1080 g/mol. The zero-order valence-corrected chi connectivity index (χ0v) is 50.9. The Hall–Kier alpha value is -2.77. The number of aliphatic hydroxyl groups excluding tert-OH is 11. The molecule has 486 valence electrons. The van der Waals surface area contributed by atoms with Crippen molar-refractivity contribution >= 4 is 5.91 Å². The quantitative estimate of drug-likeness (QED) is 0.0216. The smallest absolute Gasteiger partial charge is 0.220 e. The number of ether oxygens (including phenoxy) is 6. The summed E-state index contributed by atoms with van der Waals surface area (Å²) >= 11 is 0. The minimum Gasteiger partial charge on any atom is -0.394 e. The third-order valence-corrected chi connectivity index (χ3v) is 15.7. The van der Waals surface area contributed by atoms with Crippen LogP contribution in [0.3, 0.4) is 0 Å². The summed E-state index contributed by atoms with van der Waals surface area (Å²) in [6, 6.07) is -1.01. The molecule has 0 aromatic carbocycles. The van der Waals surface area contributed by atoms with E-state index in [2.05, 4.69) is 79.9 Å². The molecule has 19 heteroatoms. The fourth-order valence-corrected chi connectivity index (χ4v) is 10.5. The number of hydrogen-bond acceptors (Lipinski definition) is 18. The molecule has 17 unspecified atom stereocenters. The van der Waals surface area contributed by atoms with E-state index < -0.39 is 124 Å². The van der Waals surface area contributed by atoms with Gasteiger partial charge in [0.05, 0.1) is 38.6 Å². The van der Waals surface area contributed by atoms with E-state index in [1.807, 2.05) is 6.08 Å². The Balaban J connectivity index is 1.49. The van der Waals surface area contributed by atoms with Crippen LogP contribution in [0.4, 0.5) is 0 Å². The maximum absolute atomic E-state index is 13.3. The molecular formula is C65H113NO18. The molecule has 3 heterocycles. The molecule has 0 bridgehead atoms. The Kier molecular flexibility index (Phi) is 42.5. The second-order valence-corrected chi connectivity index (χ2v) is 22.8. The molecule has 3 fully saturated rings. The molecule has 17 atom stereocenters. The van der Waals surface area contributed by atoms with Crippen molar-refractivity contribution in [3.8, 4) is 0 Å². The summed E-state index contributed by atoms with van der Waals surface area (Å²) in [6.45, 7) is 1.56. The van der Waals surface area contributed by atoms with Crippen LogP contribution >= 0.6 is 0 Å². The number of unbranched alkanes of at least 4 members (excludes halogenated alkanes) is 21. The Morgan fingerprint density at radius 3 is 1.33 bits per heavy atom. The summed E-state index contributed by atoms with van der Waals surface area (Å²) in [6.07, 6.45) is 30.3. The first kappa shape index (κ1) is 75.5. The van der Waals surface area contributed by atoms with Crippen molar-refractivity contribution in [3.63, 3.8) is 0 Å². The van der Waals surface area contributed by atoms with Gasteiger partial charge in [0.1, 0.15) is 73.2 Å². The normalized spacial score (nSPS) is 29.7. The van der Waals surface area contributed by atoms with Crippen molar-refractivity contribution in [2.75, 3.05) is 26.4 Å². The molecule has 3 aliphatic rings. The number of rotatable bonds is 47. The maximum atomic E-state index is 13.3. The van der Waals surface area contributed by atoms with Crippen molar-refractivity contribution < 1.29 is 89.4 Å². The van der Waals surface area contributed by atoms with Crippen LogP contribution in [0.1, 0.15) is 200 Å². The molecule has 0 aromatic rings. The van der Waals surface area contributed by atoms with E-state index in [-0.39, 0.29) is 18.9 Å². The van der Waals surface area contributed by atoms with Gasteiger partial charge >= 0.3 is 0 Å². The first-order valence-corrected chi connectivity index (χ1v) is 32.2. The number of allylic oxidation sites excluding steroid dienone is 11. The number of aliphatic hydroxyl groups is 11. The molecule has 0 saturated carbocycles. The lowest BCUT2D eigenvalue weighted by atomic mass is 9.96. The van der Waals surface area contributed by atoms with Gasteiger partial charge in [0.2, 0.25) is 5.91 Å². The molecule has 3 rings (SSSR count). The van der Waals surface area contributed by atoms with Gasteiger partial charge in [0.15, 0.2) is 18.9 Å².